The molecule has 0 spiro atoms. The number of methoxy groups -OCH3 is 1. The number of benzene rings is 1. The second-order valence-electron chi connectivity index (χ2n) is 6.33. The second-order valence-corrected chi connectivity index (χ2v) is 6.33. The summed E-state index contributed by atoms with van der Waals surface area (Å²) >= 11 is 0. The molecule has 30 heavy (non-hydrogen) atoms. The third-order valence-electron chi connectivity index (χ3n) is 4.19. The first-order valence-electron chi connectivity index (χ1n) is 8.43. The highest BCUT2D eigenvalue weighted by Gasteiger charge is 2.26. The van der Waals surface area contributed by atoms with E-state index < -0.39 is 39.2 Å². The van der Waals surface area contributed by atoms with Crippen LogP contribution in [0.3, 0.4) is 0 Å². The number of rotatable bonds is 6. The maximum absolute atomic E-state index is 12.7. The fraction of sp³-hybridized carbons (Fsp3) is 0.211. The van der Waals surface area contributed by atoms with Crippen LogP contribution in [-0.2, 0) is 11.3 Å². The van der Waals surface area contributed by atoms with Crippen LogP contribution in [-0.4, -0.2) is 45.1 Å². The van der Waals surface area contributed by atoms with Crippen molar-refractivity contribution < 1.29 is 24.7 Å². The molecule has 0 aliphatic carbocycles. The number of carbonyl (C=O) groups excluding carboxylic acids is 1. The van der Waals surface area contributed by atoms with Crippen molar-refractivity contribution in [1.82, 2.24) is 9.88 Å². The topological polar surface area (TPSA) is 170 Å². The maximum Gasteiger partial charge on any atom is 0.315 e. The standard InChI is InChI=1S/C19H18N4O7/c1-10-4-12(18(26)21-8-10)9-22(2)19(27)13(7-20)16(24)11-5-14(23(28)29)17(25)15(6-11)30-3/h4-6,8,24-25H,9H2,1-3H3,(H,21,26)/b16-13-. The number of nitrogens with zero attached hydrogens (tertiary/aromatic N) is 3. The number of amides is 1. The molecule has 0 radical (unpaired) electrons. The molecule has 2 rings (SSSR count). The van der Waals surface area contributed by atoms with Crippen LogP contribution < -0.4 is 10.3 Å². The average molecular weight is 414 g/mol. The number of hydrogen-bond donors (Lipinski definition) is 3. The Morgan fingerprint density at radius 2 is 2.07 bits per heavy atom. The number of hydrogen-bond acceptors (Lipinski definition) is 8. The van der Waals surface area contributed by atoms with Gasteiger partial charge in [0.05, 0.1) is 18.6 Å². The minimum atomic E-state index is -0.911. The number of phenolic OH excluding ortho intramolecular Hbond substituents is 1. The Morgan fingerprint density at radius 3 is 2.63 bits per heavy atom. The van der Waals surface area contributed by atoms with Gasteiger partial charge in [-0.3, -0.25) is 19.7 Å². The van der Waals surface area contributed by atoms with Gasteiger partial charge in [-0.15, -0.1) is 0 Å². The fourth-order valence-electron chi connectivity index (χ4n) is 2.66. The van der Waals surface area contributed by atoms with Crippen molar-refractivity contribution in [1.29, 1.82) is 5.26 Å². The van der Waals surface area contributed by atoms with Crippen LogP contribution in [0, 0.1) is 28.4 Å². The smallest absolute Gasteiger partial charge is 0.315 e. The fourth-order valence-corrected chi connectivity index (χ4v) is 2.66. The monoisotopic (exact) mass is 414 g/mol. The predicted octanol–water partition coefficient (Wildman–Crippen LogP) is 1.76. The zero-order valence-corrected chi connectivity index (χ0v) is 16.3. The molecule has 0 aliphatic heterocycles. The first-order valence-corrected chi connectivity index (χ1v) is 8.43. The second kappa shape index (κ2) is 8.78. The van der Waals surface area contributed by atoms with Gasteiger partial charge in [-0.2, -0.15) is 5.26 Å². The van der Waals surface area contributed by atoms with Crippen LogP contribution in [0.1, 0.15) is 16.7 Å². The van der Waals surface area contributed by atoms with Crippen molar-refractivity contribution >= 4 is 17.4 Å². The number of aryl methyl sites for hydroxylation is 1. The Balaban J connectivity index is 2.48. The molecule has 1 aromatic heterocycles. The minimum absolute atomic E-state index is 0.145. The lowest BCUT2D eigenvalue weighted by Crippen LogP contribution is -2.30. The summed E-state index contributed by atoms with van der Waals surface area (Å²) < 4.78 is 4.85. The summed E-state index contributed by atoms with van der Waals surface area (Å²) in [6.07, 6.45) is 1.51. The summed E-state index contributed by atoms with van der Waals surface area (Å²) in [5, 5.41) is 40.8. The average Bonchev–Trinajstić information content (AvgIpc) is 2.70. The van der Waals surface area contributed by atoms with Crippen molar-refractivity contribution in [2.75, 3.05) is 14.2 Å². The van der Waals surface area contributed by atoms with E-state index in [1.54, 1.807) is 19.1 Å². The molecule has 11 heteroatoms. The zero-order chi connectivity index (χ0) is 22.6. The van der Waals surface area contributed by atoms with Crippen LogP contribution >= 0.6 is 0 Å². The number of nitro groups is 1. The number of nitrogens with one attached hydrogen (secondary N) is 1. The van der Waals surface area contributed by atoms with Gasteiger partial charge in [0.1, 0.15) is 11.8 Å². The van der Waals surface area contributed by atoms with E-state index in [1.165, 1.54) is 13.2 Å². The third kappa shape index (κ3) is 4.39. The highest BCUT2D eigenvalue weighted by atomic mass is 16.6. The Labute approximate surface area is 170 Å². The number of nitriles is 1. The van der Waals surface area contributed by atoms with Crippen LogP contribution in [0.2, 0.25) is 0 Å². The van der Waals surface area contributed by atoms with Crippen LogP contribution in [0.15, 0.2) is 34.8 Å². The first-order chi connectivity index (χ1) is 14.1. The van der Waals surface area contributed by atoms with Gasteiger partial charge >= 0.3 is 5.69 Å². The number of phenols is 1. The molecule has 0 unspecified atom stereocenters. The molecule has 0 saturated carbocycles. The molecule has 1 heterocycles. The number of ether oxygens (including phenoxy) is 1. The number of nitro benzene ring substituents is 1. The molecule has 0 aliphatic rings. The highest BCUT2D eigenvalue weighted by molar-refractivity contribution is 6.03. The number of aromatic amines is 1. The third-order valence-corrected chi connectivity index (χ3v) is 4.19. The van der Waals surface area contributed by atoms with Gasteiger partial charge in [0, 0.05) is 30.4 Å². The van der Waals surface area contributed by atoms with Gasteiger partial charge in [0.15, 0.2) is 11.3 Å². The van der Waals surface area contributed by atoms with Crippen molar-refractivity contribution in [3.63, 3.8) is 0 Å². The summed E-state index contributed by atoms with van der Waals surface area (Å²) in [4.78, 5) is 38.4. The number of H-pyrrole nitrogens is 1. The minimum Gasteiger partial charge on any atom is -0.506 e. The molecular formula is C19H18N4O7. The number of aromatic nitrogens is 1. The number of aromatic hydroxyl groups is 1. The van der Waals surface area contributed by atoms with Crippen LogP contribution in [0.5, 0.6) is 11.5 Å². The normalized spacial score (nSPS) is 11.3. The summed E-state index contributed by atoms with van der Waals surface area (Å²) in [5.41, 5.74) is -1.14. The number of pyridine rings is 1. The lowest BCUT2D eigenvalue weighted by molar-refractivity contribution is -0.386. The SMILES string of the molecule is COc1cc(/C(O)=C(\C#N)C(=O)N(C)Cc2cc(C)c[nH]c2=O)cc([N+](=O)[O-])c1O. The van der Waals surface area contributed by atoms with Crippen molar-refractivity contribution in [2.24, 2.45) is 0 Å². The summed E-state index contributed by atoms with van der Waals surface area (Å²) in [6, 6.07) is 5.01. The molecule has 2 aromatic rings. The predicted molar refractivity (Wildman–Crippen MR) is 105 cm³/mol. The number of carbonyl (C=O) groups is 1. The molecule has 1 amide bonds. The molecular weight excluding hydrogens is 396 g/mol. The zero-order valence-electron chi connectivity index (χ0n) is 16.3. The molecule has 11 nitrogen and oxygen atoms in total. The Kier molecular flexibility index (Phi) is 6.43. The van der Waals surface area contributed by atoms with Crippen LogP contribution in [0.4, 0.5) is 5.69 Å². The number of aliphatic hydroxyl groups excluding tert-OH is 1. The van der Waals surface area contributed by atoms with Crippen molar-refractivity contribution in [3.8, 4) is 17.6 Å². The molecule has 3 N–H and O–H groups in total. The quantitative estimate of drug-likeness (QED) is 0.211. The van der Waals surface area contributed by atoms with Gasteiger partial charge in [-0.1, -0.05) is 0 Å². The van der Waals surface area contributed by atoms with E-state index in [-0.39, 0.29) is 23.4 Å². The van der Waals surface area contributed by atoms with Crippen LogP contribution in [0.25, 0.3) is 5.76 Å². The van der Waals surface area contributed by atoms with E-state index >= 15 is 0 Å². The lowest BCUT2D eigenvalue weighted by Gasteiger charge is -2.17. The van der Waals surface area contributed by atoms with E-state index in [0.29, 0.717) is 0 Å². The van der Waals surface area contributed by atoms with Gasteiger partial charge in [0.25, 0.3) is 11.5 Å². The Morgan fingerprint density at radius 1 is 1.40 bits per heavy atom. The van der Waals surface area contributed by atoms with E-state index in [4.69, 9.17) is 4.74 Å². The lowest BCUT2D eigenvalue weighted by atomic mass is 10.1. The summed E-state index contributed by atoms with van der Waals surface area (Å²) in [7, 11) is 2.47. The molecule has 156 valence electrons. The largest absolute Gasteiger partial charge is 0.506 e. The molecule has 1 aromatic carbocycles. The van der Waals surface area contributed by atoms with Gasteiger partial charge in [0.2, 0.25) is 5.75 Å². The number of likely N-dealkylation sites (N-methyl/N-ethyl adjacent to an activating group) is 1. The van der Waals surface area contributed by atoms with Gasteiger partial charge in [-0.05, 0) is 24.6 Å². The van der Waals surface area contributed by atoms with E-state index in [1.807, 2.05) is 0 Å². The molecule has 0 fully saturated rings. The van der Waals surface area contributed by atoms with Gasteiger partial charge < -0.3 is 24.8 Å². The van der Waals surface area contributed by atoms with Gasteiger partial charge in [-0.25, -0.2) is 0 Å². The number of aliphatic hydroxyl groups is 1. The van der Waals surface area contributed by atoms with E-state index in [0.717, 1.165) is 29.7 Å². The summed E-state index contributed by atoms with van der Waals surface area (Å²) in [6.45, 7) is 1.60. The molecule has 0 atom stereocenters. The van der Waals surface area contributed by atoms with E-state index in [9.17, 15) is 35.2 Å². The Bertz CT molecular complexity index is 1140. The maximum atomic E-state index is 12.7. The van der Waals surface area contributed by atoms with Crippen molar-refractivity contribution in [3.05, 3.63) is 67.1 Å². The first kappa shape index (κ1) is 22.0. The van der Waals surface area contributed by atoms with E-state index in [2.05, 4.69) is 4.98 Å². The highest BCUT2D eigenvalue weighted by Crippen LogP contribution is 2.38. The Hall–Kier alpha value is -4.33. The summed E-state index contributed by atoms with van der Waals surface area (Å²) in [5.74, 6) is -2.84. The molecule has 0 saturated heterocycles. The van der Waals surface area contributed by atoms with Crippen molar-refractivity contribution in [2.45, 2.75) is 13.5 Å². The molecule has 0 bridgehead atoms.